The Kier molecular flexibility index (Phi) is 2.74. The van der Waals surface area contributed by atoms with E-state index in [1.54, 1.807) is 0 Å². The number of hydrogen-bond donors (Lipinski definition) is 0. The van der Waals surface area contributed by atoms with Gasteiger partial charge in [0, 0.05) is 12.8 Å². The third-order valence-corrected chi connectivity index (χ3v) is 3.63. The number of methoxy groups -OCH3 is 1. The van der Waals surface area contributed by atoms with Crippen LogP contribution in [0.1, 0.15) is 19.8 Å². The van der Waals surface area contributed by atoms with Gasteiger partial charge in [0.25, 0.3) is 0 Å². The Morgan fingerprint density at radius 3 is 2.81 bits per heavy atom. The molecule has 3 unspecified atom stereocenters. The summed E-state index contributed by atoms with van der Waals surface area (Å²) in [7, 11) is 1.40. The van der Waals surface area contributed by atoms with Crippen LogP contribution >= 0.6 is 0 Å². The average Bonchev–Trinajstić information content (AvgIpc) is 2.83. The molecule has 1 fully saturated rings. The zero-order valence-electron chi connectivity index (χ0n) is 9.56. The molecule has 16 heavy (non-hydrogen) atoms. The fraction of sp³-hybridized carbons (Fsp3) is 0.667. The maximum absolute atomic E-state index is 11.8. The molecule has 2 aliphatic rings. The fourth-order valence-electron chi connectivity index (χ4n) is 2.86. The van der Waals surface area contributed by atoms with E-state index in [2.05, 4.69) is 6.08 Å². The summed E-state index contributed by atoms with van der Waals surface area (Å²) in [5, 5.41) is 0. The van der Waals surface area contributed by atoms with Gasteiger partial charge in [0.2, 0.25) is 0 Å². The Bertz CT molecular complexity index is 347. The molecule has 0 aromatic heterocycles. The summed E-state index contributed by atoms with van der Waals surface area (Å²) < 4.78 is 9.88. The number of allylic oxidation sites excluding steroid dienone is 1. The molecule has 3 atom stereocenters. The highest BCUT2D eigenvalue weighted by atomic mass is 16.5. The van der Waals surface area contributed by atoms with Crippen molar-refractivity contribution >= 4 is 11.9 Å². The van der Waals surface area contributed by atoms with Crippen LogP contribution < -0.4 is 0 Å². The van der Waals surface area contributed by atoms with E-state index < -0.39 is 5.41 Å². The first-order valence-electron chi connectivity index (χ1n) is 5.49. The SMILES string of the molecule is COC(=O)C12C=CC(CC1COC(C)=O)C2. The number of rotatable bonds is 3. The molecule has 4 heteroatoms. The van der Waals surface area contributed by atoms with Crippen LogP contribution in [0.15, 0.2) is 12.2 Å². The lowest BCUT2D eigenvalue weighted by molar-refractivity contribution is -0.155. The smallest absolute Gasteiger partial charge is 0.316 e. The average molecular weight is 224 g/mol. The quantitative estimate of drug-likeness (QED) is 0.535. The van der Waals surface area contributed by atoms with Gasteiger partial charge in [-0.2, -0.15) is 0 Å². The molecule has 0 radical (unpaired) electrons. The summed E-state index contributed by atoms with van der Waals surface area (Å²) in [5.41, 5.74) is -0.547. The highest BCUT2D eigenvalue weighted by molar-refractivity contribution is 5.81. The van der Waals surface area contributed by atoms with Crippen LogP contribution in [0.5, 0.6) is 0 Å². The van der Waals surface area contributed by atoms with Gasteiger partial charge in [-0.25, -0.2) is 0 Å². The predicted molar refractivity (Wildman–Crippen MR) is 56.4 cm³/mol. The summed E-state index contributed by atoms with van der Waals surface area (Å²) in [6, 6.07) is 0. The van der Waals surface area contributed by atoms with Crippen LogP contribution in [0, 0.1) is 17.3 Å². The normalized spacial score (nSPS) is 35.1. The zero-order valence-corrected chi connectivity index (χ0v) is 9.56. The van der Waals surface area contributed by atoms with E-state index in [1.165, 1.54) is 14.0 Å². The fourth-order valence-corrected chi connectivity index (χ4v) is 2.86. The first-order valence-corrected chi connectivity index (χ1v) is 5.49. The van der Waals surface area contributed by atoms with Crippen molar-refractivity contribution in [1.82, 2.24) is 0 Å². The lowest BCUT2D eigenvalue weighted by Crippen LogP contribution is -2.36. The van der Waals surface area contributed by atoms with Crippen LogP contribution in [0.3, 0.4) is 0 Å². The van der Waals surface area contributed by atoms with Crippen molar-refractivity contribution in [2.24, 2.45) is 17.3 Å². The molecule has 0 aromatic rings. The Labute approximate surface area is 94.6 Å². The van der Waals surface area contributed by atoms with Crippen LogP contribution in [-0.2, 0) is 19.1 Å². The molecule has 2 aliphatic carbocycles. The van der Waals surface area contributed by atoms with E-state index in [-0.39, 0.29) is 17.9 Å². The van der Waals surface area contributed by atoms with Crippen molar-refractivity contribution < 1.29 is 19.1 Å². The largest absolute Gasteiger partial charge is 0.468 e. The number of esters is 2. The zero-order chi connectivity index (χ0) is 11.8. The van der Waals surface area contributed by atoms with Crippen molar-refractivity contribution in [2.45, 2.75) is 19.8 Å². The van der Waals surface area contributed by atoms with Crippen molar-refractivity contribution in [1.29, 1.82) is 0 Å². The van der Waals surface area contributed by atoms with Gasteiger partial charge in [0.1, 0.15) is 0 Å². The Balaban J connectivity index is 2.11. The van der Waals surface area contributed by atoms with E-state index in [9.17, 15) is 9.59 Å². The Hall–Kier alpha value is -1.32. The summed E-state index contributed by atoms with van der Waals surface area (Å²) in [6.07, 6.45) is 5.70. The molecule has 1 saturated carbocycles. The van der Waals surface area contributed by atoms with Gasteiger partial charge >= 0.3 is 11.9 Å². The van der Waals surface area contributed by atoms with Crippen molar-refractivity contribution in [3.05, 3.63) is 12.2 Å². The van der Waals surface area contributed by atoms with E-state index in [1.807, 2.05) is 6.08 Å². The van der Waals surface area contributed by atoms with Crippen LogP contribution in [0.25, 0.3) is 0 Å². The molecule has 4 nitrogen and oxygen atoms in total. The molecule has 0 aliphatic heterocycles. The van der Waals surface area contributed by atoms with E-state index in [0.717, 1.165) is 12.8 Å². The topological polar surface area (TPSA) is 52.6 Å². The molecular formula is C12H16O4. The van der Waals surface area contributed by atoms with Gasteiger partial charge in [-0.15, -0.1) is 0 Å². The van der Waals surface area contributed by atoms with Crippen molar-refractivity contribution in [2.75, 3.05) is 13.7 Å². The minimum absolute atomic E-state index is 0.0684. The third-order valence-electron chi connectivity index (χ3n) is 3.63. The second kappa shape index (κ2) is 3.92. The lowest BCUT2D eigenvalue weighted by atomic mass is 9.78. The van der Waals surface area contributed by atoms with Gasteiger partial charge < -0.3 is 9.47 Å². The third kappa shape index (κ3) is 1.62. The molecule has 88 valence electrons. The monoisotopic (exact) mass is 224 g/mol. The standard InChI is InChI=1S/C12H16O4/c1-8(13)16-7-10-5-9-3-4-12(10,6-9)11(14)15-2/h3-4,9-10H,5-7H2,1-2H3. The molecule has 2 rings (SSSR count). The molecule has 0 saturated heterocycles. The maximum atomic E-state index is 11.8. The number of ether oxygens (including phenoxy) is 2. The molecule has 2 bridgehead atoms. The second-order valence-corrected chi connectivity index (χ2v) is 4.59. The number of fused-ring (bicyclic) bond motifs is 2. The van der Waals surface area contributed by atoms with Gasteiger partial charge in [0.15, 0.2) is 0 Å². The minimum Gasteiger partial charge on any atom is -0.468 e. The number of carbonyl (C=O) groups is 2. The van der Waals surface area contributed by atoms with Crippen molar-refractivity contribution in [3.63, 3.8) is 0 Å². The molecule has 0 spiro atoms. The minimum atomic E-state index is -0.547. The number of carbonyl (C=O) groups excluding carboxylic acids is 2. The van der Waals surface area contributed by atoms with Gasteiger partial charge in [-0.05, 0) is 18.8 Å². The van der Waals surface area contributed by atoms with E-state index in [4.69, 9.17) is 9.47 Å². The Morgan fingerprint density at radius 1 is 1.50 bits per heavy atom. The van der Waals surface area contributed by atoms with Crippen molar-refractivity contribution in [3.8, 4) is 0 Å². The van der Waals surface area contributed by atoms with Crippen LogP contribution in [0.2, 0.25) is 0 Å². The molecule has 0 amide bonds. The highest BCUT2D eigenvalue weighted by Crippen LogP contribution is 2.53. The first-order chi connectivity index (χ1) is 7.58. The van der Waals surface area contributed by atoms with Crippen LogP contribution in [-0.4, -0.2) is 25.7 Å². The lowest BCUT2D eigenvalue weighted by Gasteiger charge is -2.28. The first kappa shape index (κ1) is 11.2. The molecule has 0 heterocycles. The van der Waals surface area contributed by atoms with Gasteiger partial charge in [-0.1, -0.05) is 12.2 Å². The van der Waals surface area contributed by atoms with Gasteiger partial charge in [-0.3, -0.25) is 9.59 Å². The van der Waals surface area contributed by atoms with E-state index >= 15 is 0 Å². The summed E-state index contributed by atoms with van der Waals surface area (Å²) >= 11 is 0. The summed E-state index contributed by atoms with van der Waals surface area (Å²) in [4.78, 5) is 22.6. The van der Waals surface area contributed by atoms with Crippen LogP contribution in [0.4, 0.5) is 0 Å². The summed E-state index contributed by atoms with van der Waals surface area (Å²) in [6.45, 7) is 1.69. The molecule has 0 aromatic carbocycles. The van der Waals surface area contributed by atoms with Gasteiger partial charge in [0.05, 0.1) is 19.1 Å². The predicted octanol–water partition coefficient (Wildman–Crippen LogP) is 1.30. The highest BCUT2D eigenvalue weighted by Gasteiger charge is 2.54. The maximum Gasteiger partial charge on any atom is 0.316 e. The molecular weight excluding hydrogens is 208 g/mol. The second-order valence-electron chi connectivity index (χ2n) is 4.59. The molecule has 0 N–H and O–H groups in total. The van der Waals surface area contributed by atoms with E-state index in [0.29, 0.717) is 12.5 Å². The Morgan fingerprint density at radius 2 is 2.25 bits per heavy atom. The summed E-state index contributed by atoms with van der Waals surface area (Å²) in [5.74, 6) is -0.00817. The number of hydrogen-bond acceptors (Lipinski definition) is 4.